The molecule has 1 amide bonds. The Morgan fingerprint density at radius 2 is 2.17 bits per heavy atom. The van der Waals surface area contributed by atoms with Crippen LogP contribution in [0.25, 0.3) is 0 Å². The summed E-state index contributed by atoms with van der Waals surface area (Å²) in [4.78, 5) is 14.5. The summed E-state index contributed by atoms with van der Waals surface area (Å²) in [5.41, 5.74) is 1.93. The van der Waals surface area contributed by atoms with Crippen molar-refractivity contribution >= 4 is 17.2 Å². The topological polar surface area (TPSA) is 29.5 Å². The molecule has 0 radical (unpaired) electrons. The molecule has 0 atom stereocenters. The molecule has 0 bridgehead atoms. The number of hydrogen-bond acceptors (Lipinski definition) is 3. The summed E-state index contributed by atoms with van der Waals surface area (Å²) < 4.78 is 5.96. The Hall–Kier alpha value is -0.870. The molecular formula is C14H19NO2S. The average molecular weight is 265 g/mol. The molecule has 1 spiro atoms. The first-order valence-corrected chi connectivity index (χ1v) is 7.61. The van der Waals surface area contributed by atoms with Crippen molar-refractivity contribution in [2.24, 2.45) is 0 Å². The first-order chi connectivity index (χ1) is 8.70. The molecule has 2 fully saturated rings. The summed E-state index contributed by atoms with van der Waals surface area (Å²) in [6.45, 7) is 4.21. The van der Waals surface area contributed by atoms with E-state index in [2.05, 4.69) is 0 Å². The van der Waals surface area contributed by atoms with Crippen LogP contribution in [0.1, 0.15) is 41.6 Å². The van der Waals surface area contributed by atoms with Gasteiger partial charge in [0.1, 0.15) is 0 Å². The first-order valence-electron chi connectivity index (χ1n) is 6.66. The molecule has 1 aromatic heterocycles. The van der Waals surface area contributed by atoms with Crippen LogP contribution in [0.3, 0.4) is 0 Å². The Labute approximate surface area is 112 Å². The third kappa shape index (κ3) is 2.08. The number of carbonyl (C=O) groups excluding carboxylic acids is 1. The normalized spacial score (nSPS) is 22.6. The minimum absolute atomic E-state index is 0.0299. The first kappa shape index (κ1) is 12.2. The lowest BCUT2D eigenvalue weighted by atomic mass is 9.99. The number of thiophene rings is 1. The van der Waals surface area contributed by atoms with Crippen LogP contribution >= 0.6 is 11.3 Å². The number of aryl methyl sites for hydroxylation is 1. The third-order valence-electron chi connectivity index (χ3n) is 4.14. The number of rotatable bonds is 1. The molecule has 1 aliphatic carbocycles. The SMILES string of the molecule is Cc1cscc1C(=O)N1CCOC2(CCCC2)C1. The van der Waals surface area contributed by atoms with Crippen molar-refractivity contribution in [1.29, 1.82) is 0 Å². The van der Waals surface area contributed by atoms with E-state index in [9.17, 15) is 4.79 Å². The van der Waals surface area contributed by atoms with Crippen molar-refractivity contribution in [3.05, 3.63) is 21.9 Å². The highest BCUT2D eigenvalue weighted by atomic mass is 32.1. The van der Waals surface area contributed by atoms with Crippen molar-refractivity contribution in [3.63, 3.8) is 0 Å². The van der Waals surface area contributed by atoms with Crippen LogP contribution in [-0.2, 0) is 4.74 Å². The number of nitrogens with zero attached hydrogens (tertiary/aromatic N) is 1. The minimum atomic E-state index is -0.0299. The zero-order chi connectivity index (χ0) is 12.6. The molecule has 0 N–H and O–H groups in total. The average Bonchev–Trinajstić information content (AvgIpc) is 2.98. The number of hydrogen-bond donors (Lipinski definition) is 0. The van der Waals surface area contributed by atoms with E-state index in [0.29, 0.717) is 6.61 Å². The summed E-state index contributed by atoms with van der Waals surface area (Å²) in [6, 6.07) is 0. The molecule has 98 valence electrons. The zero-order valence-corrected chi connectivity index (χ0v) is 11.6. The molecule has 18 heavy (non-hydrogen) atoms. The molecule has 1 aromatic rings. The fourth-order valence-electron chi connectivity index (χ4n) is 3.09. The van der Waals surface area contributed by atoms with E-state index in [1.807, 2.05) is 22.6 Å². The van der Waals surface area contributed by atoms with Gasteiger partial charge in [-0.1, -0.05) is 12.8 Å². The number of amides is 1. The van der Waals surface area contributed by atoms with Crippen molar-refractivity contribution in [2.75, 3.05) is 19.7 Å². The molecule has 2 aliphatic rings. The van der Waals surface area contributed by atoms with Gasteiger partial charge in [0.2, 0.25) is 0 Å². The molecular weight excluding hydrogens is 246 g/mol. The second-order valence-electron chi connectivity index (χ2n) is 5.43. The Morgan fingerprint density at radius 1 is 1.39 bits per heavy atom. The molecule has 2 heterocycles. The van der Waals surface area contributed by atoms with E-state index in [1.165, 1.54) is 12.8 Å². The Kier molecular flexibility index (Phi) is 3.16. The highest BCUT2D eigenvalue weighted by molar-refractivity contribution is 7.08. The van der Waals surface area contributed by atoms with Gasteiger partial charge in [-0.3, -0.25) is 4.79 Å². The molecule has 0 aromatic carbocycles. The second kappa shape index (κ2) is 4.67. The van der Waals surface area contributed by atoms with Gasteiger partial charge in [-0.15, -0.1) is 0 Å². The summed E-state index contributed by atoms with van der Waals surface area (Å²) >= 11 is 1.60. The van der Waals surface area contributed by atoms with E-state index in [1.54, 1.807) is 11.3 Å². The van der Waals surface area contributed by atoms with E-state index in [-0.39, 0.29) is 11.5 Å². The van der Waals surface area contributed by atoms with E-state index >= 15 is 0 Å². The van der Waals surface area contributed by atoms with E-state index in [0.717, 1.165) is 37.1 Å². The number of morpholine rings is 1. The molecule has 0 unspecified atom stereocenters. The van der Waals surface area contributed by atoms with Crippen molar-refractivity contribution < 1.29 is 9.53 Å². The molecule has 1 saturated carbocycles. The maximum Gasteiger partial charge on any atom is 0.255 e. The van der Waals surface area contributed by atoms with Crippen molar-refractivity contribution in [1.82, 2.24) is 4.90 Å². The fraction of sp³-hybridized carbons (Fsp3) is 0.643. The maximum absolute atomic E-state index is 12.5. The van der Waals surface area contributed by atoms with E-state index < -0.39 is 0 Å². The van der Waals surface area contributed by atoms with Crippen LogP contribution in [0, 0.1) is 6.92 Å². The summed E-state index contributed by atoms with van der Waals surface area (Å²) in [6.07, 6.45) is 4.69. The van der Waals surface area contributed by atoms with Crippen molar-refractivity contribution in [2.45, 2.75) is 38.2 Å². The van der Waals surface area contributed by atoms with Crippen LogP contribution in [0.4, 0.5) is 0 Å². The Balaban J connectivity index is 1.76. The van der Waals surface area contributed by atoms with Crippen LogP contribution in [0.5, 0.6) is 0 Å². The smallest absolute Gasteiger partial charge is 0.255 e. The van der Waals surface area contributed by atoms with Gasteiger partial charge in [-0.05, 0) is 30.7 Å². The summed E-state index contributed by atoms with van der Waals surface area (Å²) in [7, 11) is 0. The van der Waals surface area contributed by atoms with Gasteiger partial charge in [-0.25, -0.2) is 0 Å². The van der Waals surface area contributed by atoms with Gasteiger partial charge < -0.3 is 9.64 Å². The Morgan fingerprint density at radius 3 is 2.83 bits per heavy atom. The largest absolute Gasteiger partial charge is 0.371 e. The quantitative estimate of drug-likeness (QED) is 0.781. The summed E-state index contributed by atoms with van der Waals surface area (Å²) in [5.74, 6) is 0.184. The molecule has 3 nitrogen and oxygen atoms in total. The van der Waals surface area contributed by atoms with Crippen LogP contribution in [0.2, 0.25) is 0 Å². The molecule has 1 aliphatic heterocycles. The minimum Gasteiger partial charge on any atom is -0.371 e. The van der Waals surface area contributed by atoms with Gasteiger partial charge in [0.25, 0.3) is 5.91 Å². The van der Waals surface area contributed by atoms with Gasteiger partial charge in [-0.2, -0.15) is 11.3 Å². The van der Waals surface area contributed by atoms with Gasteiger partial charge in [0.15, 0.2) is 0 Å². The lowest BCUT2D eigenvalue weighted by Crippen LogP contribution is -2.52. The molecule has 1 saturated heterocycles. The fourth-order valence-corrected chi connectivity index (χ4v) is 3.91. The van der Waals surface area contributed by atoms with E-state index in [4.69, 9.17) is 4.74 Å². The lowest BCUT2D eigenvalue weighted by molar-refractivity contribution is -0.0948. The number of carbonyl (C=O) groups is 1. The van der Waals surface area contributed by atoms with Crippen LogP contribution in [-0.4, -0.2) is 36.1 Å². The number of ether oxygens (including phenoxy) is 1. The lowest BCUT2D eigenvalue weighted by Gasteiger charge is -2.40. The predicted octanol–water partition coefficient (Wildman–Crippen LogP) is 2.84. The van der Waals surface area contributed by atoms with Gasteiger partial charge in [0.05, 0.1) is 24.3 Å². The van der Waals surface area contributed by atoms with Gasteiger partial charge in [0, 0.05) is 11.9 Å². The highest BCUT2D eigenvalue weighted by Crippen LogP contribution is 2.36. The second-order valence-corrected chi connectivity index (χ2v) is 6.18. The van der Waals surface area contributed by atoms with Crippen LogP contribution in [0.15, 0.2) is 10.8 Å². The van der Waals surface area contributed by atoms with Crippen LogP contribution < -0.4 is 0 Å². The summed E-state index contributed by atoms with van der Waals surface area (Å²) in [5, 5.41) is 4.01. The highest BCUT2D eigenvalue weighted by Gasteiger charge is 2.40. The zero-order valence-electron chi connectivity index (χ0n) is 10.8. The monoisotopic (exact) mass is 265 g/mol. The molecule has 3 rings (SSSR count). The third-order valence-corrected chi connectivity index (χ3v) is 5.00. The maximum atomic E-state index is 12.5. The van der Waals surface area contributed by atoms with Gasteiger partial charge >= 0.3 is 0 Å². The standard InChI is InChI=1S/C14H19NO2S/c1-11-8-18-9-12(11)13(16)15-6-7-17-14(10-15)4-2-3-5-14/h8-9H,2-7,10H2,1H3. The van der Waals surface area contributed by atoms with Crippen molar-refractivity contribution in [3.8, 4) is 0 Å². The molecule has 4 heteroatoms. The Bertz CT molecular complexity index is 448. The predicted molar refractivity (Wildman–Crippen MR) is 72.1 cm³/mol.